The predicted molar refractivity (Wildman–Crippen MR) is 374 cm³/mol. The fourth-order valence-electron chi connectivity index (χ4n) is 13.8. The lowest BCUT2D eigenvalue weighted by Crippen LogP contribution is -2.08. The molecular formula is C80H48N14. The number of aromatic nitrogens is 14. The maximum Gasteiger partial charge on any atom is 0.238 e. The number of fused-ring (bicyclic) bond motifs is 14. The fourth-order valence-corrected chi connectivity index (χ4v) is 13.8. The van der Waals surface area contributed by atoms with E-state index in [0.29, 0.717) is 47.1 Å². The molecule has 8 heterocycles. The van der Waals surface area contributed by atoms with Crippen LogP contribution in [0.5, 0.6) is 0 Å². The second-order valence-electron chi connectivity index (χ2n) is 23.2. The minimum atomic E-state index is 0.460. The predicted octanol–water partition coefficient (Wildman–Crippen LogP) is 18.0. The molecule has 0 aliphatic carbocycles. The van der Waals surface area contributed by atoms with Gasteiger partial charge in [-0.05, 0) is 47.5 Å². The zero-order chi connectivity index (χ0) is 61.8. The first kappa shape index (κ1) is 52.7. The van der Waals surface area contributed by atoms with Crippen molar-refractivity contribution in [2.45, 2.75) is 0 Å². The molecule has 0 aliphatic rings. The van der Waals surface area contributed by atoms with Gasteiger partial charge in [0.25, 0.3) is 0 Å². The third kappa shape index (κ3) is 8.29. The number of benzene rings is 11. The largest absolute Gasteiger partial charge is 0.276 e. The Bertz CT molecular complexity index is 6150. The first-order valence-electron chi connectivity index (χ1n) is 31.1. The minimum Gasteiger partial charge on any atom is -0.276 e. The van der Waals surface area contributed by atoms with Crippen LogP contribution < -0.4 is 0 Å². The van der Waals surface area contributed by atoms with E-state index in [0.717, 1.165) is 132 Å². The molecule has 14 nitrogen and oxygen atoms in total. The normalized spacial score (nSPS) is 11.8. The van der Waals surface area contributed by atoms with Gasteiger partial charge in [-0.2, -0.15) is 19.9 Å². The van der Waals surface area contributed by atoms with E-state index in [4.69, 9.17) is 49.8 Å². The average molecular weight is 1210 g/mol. The van der Waals surface area contributed by atoms with Gasteiger partial charge in [-0.1, -0.05) is 237 Å². The van der Waals surface area contributed by atoms with Crippen LogP contribution in [0.1, 0.15) is 0 Å². The van der Waals surface area contributed by atoms with Crippen molar-refractivity contribution in [3.63, 3.8) is 0 Å². The lowest BCUT2D eigenvalue weighted by atomic mass is 9.98. The lowest BCUT2D eigenvalue weighted by Gasteiger charge is -2.13. The molecule has 0 atom stereocenters. The summed E-state index contributed by atoms with van der Waals surface area (Å²) in [5, 5.41) is 8.32. The first-order chi connectivity index (χ1) is 46.6. The van der Waals surface area contributed by atoms with Crippen LogP contribution in [0, 0.1) is 0 Å². The van der Waals surface area contributed by atoms with E-state index in [1.54, 1.807) is 12.4 Å². The number of rotatable bonds is 10. The molecule has 0 aliphatic heterocycles. The van der Waals surface area contributed by atoms with Crippen molar-refractivity contribution < 1.29 is 0 Å². The molecule has 8 aromatic heterocycles. The Kier molecular flexibility index (Phi) is 11.9. The van der Waals surface area contributed by atoms with Crippen LogP contribution in [0.25, 0.3) is 179 Å². The molecule has 0 fully saturated rings. The van der Waals surface area contributed by atoms with Crippen molar-refractivity contribution >= 4 is 87.2 Å². The van der Waals surface area contributed by atoms with Crippen molar-refractivity contribution in [2.75, 3.05) is 0 Å². The molecule has 438 valence electrons. The Morgan fingerprint density at radius 1 is 0.202 bits per heavy atom. The summed E-state index contributed by atoms with van der Waals surface area (Å²) < 4.78 is 8.77. The Hall–Kier alpha value is -13.2. The number of para-hydroxylation sites is 3. The standard InChI is InChI=1S/C80H48N14/c1-5-21-50(22-6-1)63-45-48-83-78(84-63)92-65-34-17-14-30-57(65)61-43-44-62-68-55(32-19-36-67(68)94(72(62)71(61)92)80-88-73(51-23-7-2-8-24-51)85-74(89-80)52-25-9-3-10-26-52)49-37-39-54(40-38-49)76-86-75(53-27-11-4-12-28-53)87-79(90-76)93-66-35-18-15-31-58(66)60-42-41-59-56-29-13-16-33-64(56)91(69(59)70(60)93)77-81-46-20-47-82-77/h1-48H. The van der Waals surface area contributed by atoms with Crippen LogP contribution in [0.15, 0.2) is 292 Å². The van der Waals surface area contributed by atoms with Crippen molar-refractivity contribution in [3.8, 4) is 91.7 Å². The van der Waals surface area contributed by atoms with E-state index in [2.05, 4.69) is 170 Å². The number of hydrogen-bond donors (Lipinski definition) is 0. The lowest BCUT2D eigenvalue weighted by molar-refractivity contribution is 0.949. The summed E-state index contributed by atoms with van der Waals surface area (Å²) in [6.07, 6.45) is 5.42. The molecular weight excluding hydrogens is 1160 g/mol. The van der Waals surface area contributed by atoms with Crippen LogP contribution in [0.3, 0.4) is 0 Å². The third-order valence-electron chi connectivity index (χ3n) is 17.9. The van der Waals surface area contributed by atoms with Crippen molar-refractivity contribution in [2.24, 2.45) is 0 Å². The molecule has 0 amide bonds. The van der Waals surface area contributed by atoms with Gasteiger partial charge in [0.1, 0.15) is 0 Å². The van der Waals surface area contributed by atoms with Gasteiger partial charge in [-0.25, -0.2) is 29.9 Å². The SMILES string of the molecule is c1ccc(-c2ccnc(-n3c4ccccc4c4ccc5c6c(-c7ccc(-c8nc(-c9ccccc9)nc(-n9c%10ccccc%10c%10ccc%11c%12ccccc%12n(-c%12ncccn%12)c%11c%109)n8)cc7)cccc6n(-c6nc(-c7ccccc7)nc(-c7ccccc7)n6)c5c43)n2)cc1. The number of nitrogens with zero attached hydrogens (tertiary/aromatic N) is 14. The summed E-state index contributed by atoms with van der Waals surface area (Å²) in [7, 11) is 0. The molecule has 14 heteroatoms. The van der Waals surface area contributed by atoms with Crippen LogP contribution in [-0.2, 0) is 0 Å². The van der Waals surface area contributed by atoms with Gasteiger partial charge in [-0.3, -0.25) is 18.3 Å². The van der Waals surface area contributed by atoms with Crippen LogP contribution in [0.2, 0.25) is 0 Å². The van der Waals surface area contributed by atoms with Gasteiger partial charge in [0.2, 0.25) is 23.8 Å². The van der Waals surface area contributed by atoms with Crippen molar-refractivity contribution in [1.29, 1.82) is 0 Å². The van der Waals surface area contributed by atoms with Gasteiger partial charge >= 0.3 is 0 Å². The van der Waals surface area contributed by atoms with Crippen LogP contribution >= 0.6 is 0 Å². The Balaban J connectivity index is 0.846. The van der Waals surface area contributed by atoms with Gasteiger partial charge in [0.05, 0.1) is 49.8 Å². The molecule has 19 rings (SSSR count). The van der Waals surface area contributed by atoms with Crippen molar-refractivity contribution in [3.05, 3.63) is 292 Å². The molecule has 94 heavy (non-hydrogen) atoms. The second-order valence-corrected chi connectivity index (χ2v) is 23.2. The summed E-state index contributed by atoms with van der Waals surface area (Å²) in [5.74, 6) is 4.18. The second kappa shape index (κ2) is 21.2. The average Bonchev–Trinajstić information content (AvgIpc) is 1.55. The Morgan fingerprint density at radius 3 is 1.05 bits per heavy atom. The maximum absolute atomic E-state index is 5.49. The summed E-state index contributed by atoms with van der Waals surface area (Å²) in [6, 6.07) is 93.7. The topological polar surface area (TPSA) is 149 Å². The summed E-state index contributed by atoms with van der Waals surface area (Å²) in [6.45, 7) is 0. The van der Waals surface area contributed by atoms with E-state index in [9.17, 15) is 0 Å². The molecule has 0 unspecified atom stereocenters. The van der Waals surface area contributed by atoms with E-state index in [1.165, 1.54) is 0 Å². The summed E-state index contributed by atoms with van der Waals surface area (Å²) in [5.41, 5.74) is 14.7. The van der Waals surface area contributed by atoms with E-state index >= 15 is 0 Å². The minimum absolute atomic E-state index is 0.460. The van der Waals surface area contributed by atoms with Gasteiger partial charge in [0.15, 0.2) is 23.3 Å². The third-order valence-corrected chi connectivity index (χ3v) is 17.9. The highest BCUT2D eigenvalue weighted by molar-refractivity contribution is 6.26. The molecule has 0 N–H and O–H groups in total. The molecule has 0 bridgehead atoms. The highest BCUT2D eigenvalue weighted by Gasteiger charge is 2.28. The van der Waals surface area contributed by atoms with Crippen LogP contribution in [0.4, 0.5) is 0 Å². The van der Waals surface area contributed by atoms with E-state index in [1.807, 2.05) is 128 Å². The molecule has 19 aromatic rings. The van der Waals surface area contributed by atoms with Crippen LogP contribution in [-0.4, -0.2) is 68.1 Å². The highest BCUT2D eigenvalue weighted by Crippen LogP contribution is 2.46. The fraction of sp³-hybridized carbons (Fsp3) is 0. The summed E-state index contributed by atoms with van der Waals surface area (Å²) in [4.78, 5) is 52.3. The maximum atomic E-state index is 5.49. The Morgan fingerprint density at radius 2 is 0.564 bits per heavy atom. The molecule has 0 saturated heterocycles. The molecule has 0 saturated carbocycles. The van der Waals surface area contributed by atoms with Gasteiger partial charge < -0.3 is 0 Å². The molecule has 0 radical (unpaired) electrons. The quantitative estimate of drug-likeness (QED) is 0.130. The molecule has 0 spiro atoms. The Labute approximate surface area is 535 Å². The zero-order valence-corrected chi connectivity index (χ0v) is 50.0. The van der Waals surface area contributed by atoms with Gasteiger partial charge in [-0.15, -0.1) is 0 Å². The zero-order valence-electron chi connectivity index (χ0n) is 50.0. The number of hydrogen-bond acceptors (Lipinski definition) is 10. The van der Waals surface area contributed by atoms with Gasteiger partial charge in [0, 0.05) is 89.5 Å². The van der Waals surface area contributed by atoms with Crippen molar-refractivity contribution in [1.82, 2.24) is 68.1 Å². The molecule has 11 aromatic carbocycles. The van der Waals surface area contributed by atoms with E-state index in [-0.39, 0.29) is 0 Å². The first-order valence-corrected chi connectivity index (χ1v) is 31.1. The van der Waals surface area contributed by atoms with E-state index < -0.39 is 0 Å². The monoisotopic (exact) mass is 1200 g/mol. The highest BCUT2D eigenvalue weighted by atomic mass is 15.2. The summed E-state index contributed by atoms with van der Waals surface area (Å²) >= 11 is 0. The smallest absolute Gasteiger partial charge is 0.238 e.